The molecule has 3 saturated heterocycles. The van der Waals surface area contributed by atoms with Gasteiger partial charge < -0.3 is 33.2 Å². The Labute approximate surface area is 423 Å². The Kier molecular flexibility index (Phi) is 34.6. The summed E-state index contributed by atoms with van der Waals surface area (Å²) >= 11 is 0. The zero-order valence-corrected chi connectivity index (χ0v) is 42.1. The molecule has 3 heterocycles. The van der Waals surface area contributed by atoms with Crippen molar-refractivity contribution in [3.63, 3.8) is 0 Å². The van der Waals surface area contributed by atoms with E-state index in [4.69, 9.17) is 33.2 Å². The molecular weight excluding hydrogens is 918 g/mol. The molecule has 14 nitrogen and oxygen atoms in total. The summed E-state index contributed by atoms with van der Waals surface area (Å²) in [5.41, 5.74) is -6.73. The third-order valence-corrected chi connectivity index (χ3v) is 12.0. The van der Waals surface area contributed by atoms with E-state index in [1.807, 2.05) is 76.2 Å². The SMILES string of the molecule is C.C.C.C.C.C.CCC(C)(C(=O)OC(C)(C)C)C(F)(F)F.CCC(C)(C)C(=O)OC(C)(C)C1COC(=O)C1.CCC(C)(C)C(=O)OC1(C)CCOC(=O)C1.CCC(C)(C)C(=O)OC1CC(C)(C)OC1=O. The molecule has 3 aliphatic heterocycles. The van der Waals surface area contributed by atoms with Crippen LogP contribution in [0, 0.1) is 27.6 Å². The Balaban J connectivity index is -0.000000147. The topological polar surface area (TPSA) is 184 Å². The van der Waals surface area contributed by atoms with Crippen LogP contribution >= 0.6 is 0 Å². The fourth-order valence-corrected chi connectivity index (χ4v) is 5.27. The van der Waals surface area contributed by atoms with E-state index in [9.17, 15) is 46.7 Å². The van der Waals surface area contributed by atoms with Crippen molar-refractivity contribution < 1.29 is 79.9 Å². The number of hydrogen-bond donors (Lipinski definition) is 0. The van der Waals surface area contributed by atoms with E-state index in [1.54, 1.807) is 20.8 Å². The summed E-state index contributed by atoms with van der Waals surface area (Å²) < 4.78 is 73.7. The Morgan fingerprint density at radius 3 is 1.40 bits per heavy atom. The molecule has 4 atom stereocenters. The Bertz CT molecular complexity index is 1640. The van der Waals surface area contributed by atoms with Crippen LogP contribution in [0.3, 0.4) is 0 Å². The van der Waals surface area contributed by atoms with Gasteiger partial charge in [-0.15, -0.1) is 0 Å². The highest BCUT2D eigenvalue weighted by molar-refractivity contribution is 5.83. The Hall–Kier alpha value is -3.92. The van der Waals surface area contributed by atoms with Crippen molar-refractivity contribution in [2.75, 3.05) is 13.2 Å². The lowest BCUT2D eigenvalue weighted by atomic mass is 9.86. The number of hydrogen-bond acceptors (Lipinski definition) is 14. The fraction of sp³-hybridized carbons (Fsp3) is 0.868. The van der Waals surface area contributed by atoms with E-state index in [0.29, 0.717) is 45.3 Å². The lowest BCUT2D eigenvalue weighted by Gasteiger charge is -2.35. The molecule has 0 saturated carbocycles. The first-order valence-electron chi connectivity index (χ1n) is 22.1. The zero-order chi connectivity index (χ0) is 50.7. The smallest absolute Gasteiger partial charge is 0.404 e. The average Bonchev–Trinajstić information content (AvgIpc) is 3.70. The van der Waals surface area contributed by atoms with Gasteiger partial charge >= 0.3 is 48.0 Å². The summed E-state index contributed by atoms with van der Waals surface area (Å²) in [5.74, 6) is -3.02. The molecule has 3 fully saturated rings. The molecule has 0 aromatic carbocycles. The van der Waals surface area contributed by atoms with Gasteiger partial charge in [-0.1, -0.05) is 72.3 Å². The summed E-state index contributed by atoms with van der Waals surface area (Å²) in [5, 5.41) is 0. The van der Waals surface area contributed by atoms with Crippen molar-refractivity contribution in [2.24, 2.45) is 27.6 Å². The van der Waals surface area contributed by atoms with Gasteiger partial charge in [-0.2, -0.15) is 13.2 Å². The van der Waals surface area contributed by atoms with Gasteiger partial charge in [0.2, 0.25) is 6.10 Å². The summed E-state index contributed by atoms with van der Waals surface area (Å²) in [6.45, 7) is 33.4. The first-order chi connectivity index (χ1) is 28.6. The van der Waals surface area contributed by atoms with Crippen LogP contribution in [0.5, 0.6) is 0 Å². The van der Waals surface area contributed by atoms with E-state index in [-0.39, 0.29) is 93.2 Å². The highest BCUT2D eigenvalue weighted by atomic mass is 19.4. The van der Waals surface area contributed by atoms with Crippen LogP contribution in [0.2, 0.25) is 0 Å². The van der Waals surface area contributed by atoms with Crippen LogP contribution in [0.25, 0.3) is 0 Å². The van der Waals surface area contributed by atoms with Crippen LogP contribution in [-0.4, -0.2) is 89.7 Å². The Morgan fingerprint density at radius 1 is 0.614 bits per heavy atom. The van der Waals surface area contributed by atoms with Gasteiger partial charge in [0, 0.05) is 18.8 Å². The molecule has 420 valence electrons. The molecule has 0 radical (unpaired) electrons. The lowest BCUT2D eigenvalue weighted by Crippen LogP contribution is -2.45. The average molecular weight is 1020 g/mol. The number of cyclic esters (lactones) is 3. The van der Waals surface area contributed by atoms with Gasteiger partial charge in [-0.05, 0) is 130 Å². The second-order valence-electron chi connectivity index (χ2n) is 21.2. The number of carbonyl (C=O) groups is 7. The van der Waals surface area contributed by atoms with E-state index >= 15 is 0 Å². The molecular formula is C53H103F3O14. The van der Waals surface area contributed by atoms with Crippen LogP contribution in [0.1, 0.15) is 227 Å². The second kappa shape index (κ2) is 30.2. The highest BCUT2D eigenvalue weighted by Gasteiger charge is 2.57. The highest BCUT2D eigenvalue weighted by Crippen LogP contribution is 2.42. The number of alkyl halides is 3. The van der Waals surface area contributed by atoms with Crippen LogP contribution < -0.4 is 0 Å². The predicted molar refractivity (Wildman–Crippen MR) is 271 cm³/mol. The monoisotopic (exact) mass is 1020 g/mol. The normalized spacial score (nSPS) is 20.3. The van der Waals surface area contributed by atoms with Gasteiger partial charge in [-0.3, -0.25) is 28.8 Å². The molecule has 0 N–H and O–H groups in total. The summed E-state index contributed by atoms with van der Waals surface area (Å²) in [6, 6.07) is 0. The van der Waals surface area contributed by atoms with Crippen molar-refractivity contribution in [3.05, 3.63) is 0 Å². The maximum atomic E-state index is 12.6. The Morgan fingerprint density at radius 2 is 1.06 bits per heavy atom. The van der Waals surface area contributed by atoms with Crippen molar-refractivity contribution in [3.8, 4) is 0 Å². The fourth-order valence-electron chi connectivity index (χ4n) is 5.27. The summed E-state index contributed by atoms with van der Waals surface area (Å²) in [6.07, 6.45) is -2.05. The molecule has 3 aliphatic rings. The number of rotatable bonds is 12. The third kappa shape index (κ3) is 25.0. The van der Waals surface area contributed by atoms with Gasteiger partial charge in [0.25, 0.3) is 0 Å². The first kappa shape index (κ1) is 80.2. The molecule has 4 unspecified atom stereocenters. The van der Waals surface area contributed by atoms with Crippen LogP contribution in [0.15, 0.2) is 0 Å². The zero-order valence-electron chi connectivity index (χ0n) is 42.1. The van der Waals surface area contributed by atoms with E-state index < -0.39 is 68.3 Å². The van der Waals surface area contributed by atoms with Crippen LogP contribution in [0.4, 0.5) is 13.2 Å². The minimum absolute atomic E-state index is 0. The molecule has 0 aromatic heterocycles. The molecule has 17 heteroatoms. The molecule has 3 rings (SSSR count). The summed E-state index contributed by atoms with van der Waals surface area (Å²) in [7, 11) is 0. The summed E-state index contributed by atoms with van der Waals surface area (Å²) in [4.78, 5) is 80.8. The first-order valence-corrected chi connectivity index (χ1v) is 22.1. The molecule has 70 heavy (non-hydrogen) atoms. The van der Waals surface area contributed by atoms with E-state index in [0.717, 1.165) is 13.3 Å². The number of ether oxygens (including phenoxy) is 7. The number of esters is 7. The lowest BCUT2D eigenvalue weighted by molar-refractivity contribution is -0.236. The van der Waals surface area contributed by atoms with Gasteiger partial charge in [-0.25, -0.2) is 4.79 Å². The second-order valence-corrected chi connectivity index (χ2v) is 21.2. The largest absolute Gasteiger partial charge is 0.465 e. The predicted octanol–water partition coefficient (Wildman–Crippen LogP) is 13.6. The minimum Gasteiger partial charge on any atom is -0.465 e. The third-order valence-electron chi connectivity index (χ3n) is 12.0. The van der Waals surface area contributed by atoms with Crippen molar-refractivity contribution >= 4 is 41.8 Å². The quantitative estimate of drug-likeness (QED) is 0.133. The number of carbonyl (C=O) groups excluding carboxylic acids is 7. The van der Waals surface area contributed by atoms with Crippen molar-refractivity contribution in [1.82, 2.24) is 0 Å². The van der Waals surface area contributed by atoms with Gasteiger partial charge in [0.1, 0.15) is 22.4 Å². The number of halogens is 3. The molecule has 0 aromatic rings. The van der Waals surface area contributed by atoms with E-state index in [1.165, 1.54) is 27.7 Å². The van der Waals surface area contributed by atoms with Crippen LogP contribution in [-0.2, 0) is 66.7 Å². The van der Waals surface area contributed by atoms with Gasteiger partial charge in [0.15, 0.2) is 5.41 Å². The minimum atomic E-state index is -4.58. The maximum absolute atomic E-state index is 12.6. The standard InChI is InChI=1S/C13H22O4.2C12H20O4.C10H17F3O2.6CH4/c1-6-12(2,3)11(15)17-13(4,5)9-7-10(14)16-8-9;1-6-11(2,3)10(14)15-8-7-12(4,5)16-9(8)13;1-5-11(2,3)10(14)16-12(4)6-7-15-9(13)8-12;1-6-9(5,10(11,12)13)7(14)15-8(2,3)4;;;;;;/h9H,6-8H2,1-5H3;8H,6-7H2,1-5H3;5-8H2,1-4H3;6H2,1-5H3;6*1H4. The molecule has 0 spiro atoms. The van der Waals surface area contributed by atoms with Crippen molar-refractivity contribution in [2.45, 2.75) is 262 Å². The van der Waals surface area contributed by atoms with Crippen molar-refractivity contribution in [1.29, 1.82) is 0 Å². The van der Waals surface area contributed by atoms with Gasteiger partial charge in [0.05, 0.1) is 42.3 Å². The molecule has 0 aliphatic carbocycles. The molecule has 0 bridgehead atoms. The maximum Gasteiger partial charge on any atom is 0.404 e. The van der Waals surface area contributed by atoms with E-state index in [2.05, 4.69) is 0 Å². The molecule has 0 amide bonds.